The number of hydrogen-bond donors (Lipinski definition) is 0. The fourth-order valence-corrected chi connectivity index (χ4v) is 2.10. The van der Waals surface area contributed by atoms with Crippen molar-refractivity contribution in [2.45, 2.75) is 26.4 Å². The zero-order chi connectivity index (χ0) is 14.5. The van der Waals surface area contributed by atoms with E-state index < -0.39 is 11.7 Å². The minimum atomic E-state index is -4.32. The van der Waals surface area contributed by atoms with Gasteiger partial charge in [0, 0.05) is 12.7 Å². The van der Waals surface area contributed by atoms with E-state index in [0.29, 0.717) is 23.3 Å². The van der Waals surface area contributed by atoms with Gasteiger partial charge >= 0.3 is 6.18 Å². The van der Waals surface area contributed by atoms with Crippen LogP contribution in [-0.4, -0.2) is 10.9 Å². The number of carbonyl (C=O) groups is 1. The molecular formula is C14H15F3OS. The molecule has 0 N–H and O–H groups in total. The predicted octanol–water partition coefficient (Wildman–Crippen LogP) is 4.70. The molecule has 0 aliphatic carbocycles. The van der Waals surface area contributed by atoms with E-state index in [4.69, 9.17) is 0 Å². The number of rotatable bonds is 4. The van der Waals surface area contributed by atoms with Crippen LogP contribution >= 0.6 is 11.8 Å². The van der Waals surface area contributed by atoms with E-state index in [9.17, 15) is 18.0 Å². The third-order valence-corrected chi connectivity index (χ3v) is 3.17. The summed E-state index contributed by atoms with van der Waals surface area (Å²) in [5, 5.41) is 0.0447. The molecule has 0 fully saturated rings. The monoisotopic (exact) mass is 288 g/mol. The Morgan fingerprint density at radius 2 is 2.00 bits per heavy atom. The first-order valence-corrected chi connectivity index (χ1v) is 6.76. The lowest BCUT2D eigenvalue weighted by atomic mass is 10.1. The summed E-state index contributed by atoms with van der Waals surface area (Å²) in [5.41, 5.74) is 0.470. The van der Waals surface area contributed by atoms with Gasteiger partial charge in [0.05, 0.1) is 5.56 Å². The van der Waals surface area contributed by atoms with Gasteiger partial charge in [0.2, 0.25) is 0 Å². The largest absolute Gasteiger partial charge is 0.416 e. The first kappa shape index (κ1) is 15.8. The maximum Gasteiger partial charge on any atom is 0.416 e. The topological polar surface area (TPSA) is 17.1 Å². The van der Waals surface area contributed by atoms with Crippen molar-refractivity contribution in [3.05, 3.63) is 41.0 Å². The van der Waals surface area contributed by atoms with E-state index >= 15 is 0 Å². The van der Waals surface area contributed by atoms with E-state index in [1.54, 1.807) is 25.1 Å². The summed E-state index contributed by atoms with van der Waals surface area (Å²) in [7, 11) is 0. The summed E-state index contributed by atoms with van der Waals surface area (Å²) < 4.78 is 37.8. The number of aryl methyl sites for hydroxylation is 1. The van der Waals surface area contributed by atoms with Crippen molar-refractivity contribution >= 4 is 23.0 Å². The quantitative estimate of drug-likeness (QED) is 0.747. The third kappa shape index (κ3) is 5.96. The van der Waals surface area contributed by atoms with Gasteiger partial charge in [0.25, 0.3) is 0 Å². The van der Waals surface area contributed by atoms with Crippen molar-refractivity contribution in [3.8, 4) is 0 Å². The molecule has 0 saturated heterocycles. The van der Waals surface area contributed by atoms with Gasteiger partial charge in [0.1, 0.15) is 0 Å². The minimum Gasteiger partial charge on any atom is -0.288 e. The van der Waals surface area contributed by atoms with Crippen molar-refractivity contribution in [2.24, 2.45) is 0 Å². The first-order valence-electron chi connectivity index (χ1n) is 5.78. The molecule has 1 aromatic rings. The number of hydrogen-bond acceptors (Lipinski definition) is 2. The summed E-state index contributed by atoms with van der Waals surface area (Å²) in [5.74, 6) is 0.643. The smallest absolute Gasteiger partial charge is 0.288 e. The number of thioether (sulfide) groups is 1. The number of halogens is 3. The van der Waals surface area contributed by atoms with Crippen LogP contribution in [0, 0.1) is 6.92 Å². The molecule has 0 heterocycles. The highest BCUT2D eigenvalue weighted by Gasteiger charge is 2.30. The molecule has 104 valence electrons. The van der Waals surface area contributed by atoms with Gasteiger partial charge < -0.3 is 0 Å². The molecule has 0 amide bonds. The molecule has 0 atom stereocenters. The predicted molar refractivity (Wildman–Crippen MR) is 73.0 cm³/mol. The Kier molecular flexibility index (Phi) is 5.66. The Morgan fingerprint density at radius 3 is 2.58 bits per heavy atom. The summed E-state index contributed by atoms with van der Waals surface area (Å²) >= 11 is 1.21. The number of alkyl halides is 3. The summed E-state index contributed by atoms with van der Waals surface area (Å²) in [6.07, 6.45) is -0.230. The van der Waals surface area contributed by atoms with Gasteiger partial charge in [-0.1, -0.05) is 30.0 Å². The van der Waals surface area contributed by atoms with Gasteiger partial charge in [-0.15, -0.1) is 0 Å². The molecule has 0 bridgehead atoms. The van der Waals surface area contributed by atoms with Gasteiger partial charge in [-0.05, 0) is 36.6 Å². The van der Waals surface area contributed by atoms with Crippen molar-refractivity contribution in [1.82, 2.24) is 0 Å². The molecule has 5 heteroatoms. The normalized spacial score (nSPS) is 12.1. The number of allylic oxidation sites excluding steroid dienone is 1. The lowest BCUT2D eigenvalue weighted by Gasteiger charge is -2.08. The summed E-state index contributed by atoms with van der Waals surface area (Å²) in [4.78, 5) is 10.7. The Balaban J connectivity index is 2.71. The van der Waals surface area contributed by atoms with Crippen molar-refractivity contribution in [3.63, 3.8) is 0 Å². The van der Waals surface area contributed by atoms with E-state index in [-0.39, 0.29) is 5.12 Å². The van der Waals surface area contributed by atoms with Crippen LogP contribution in [-0.2, 0) is 11.0 Å². The molecule has 0 saturated carbocycles. The van der Waals surface area contributed by atoms with Crippen molar-refractivity contribution in [2.75, 3.05) is 5.75 Å². The van der Waals surface area contributed by atoms with Crippen LogP contribution in [0.3, 0.4) is 0 Å². The van der Waals surface area contributed by atoms with Crippen LogP contribution in [0.15, 0.2) is 24.3 Å². The molecule has 0 aliphatic heterocycles. The summed E-state index contributed by atoms with van der Waals surface area (Å²) in [6.45, 7) is 3.13. The Hall–Kier alpha value is -1.23. The first-order chi connectivity index (χ1) is 8.79. The highest BCUT2D eigenvalue weighted by atomic mass is 32.2. The van der Waals surface area contributed by atoms with Crippen LogP contribution in [0.2, 0.25) is 0 Å². The van der Waals surface area contributed by atoms with Crippen LogP contribution in [0.25, 0.3) is 6.08 Å². The molecule has 0 aliphatic rings. The number of benzene rings is 1. The standard InChI is InChI=1S/C14H15F3OS/c1-10-7-12(5-3-4-6-19-11(2)18)9-13(8-10)14(15,16)17/h3,5,7-9H,4,6H2,1-2H3. The maximum atomic E-state index is 12.6. The van der Waals surface area contributed by atoms with E-state index in [0.717, 1.165) is 12.1 Å². The lowest BCUT2D eigenvalue weighted by Crippen LogP contribution is -2.05. The second-order valence-corrected chi connectivity index (χ2v) is 5.43. The Bertz CT molecular complexity index is 478. The molecule has 1 aromatic carbocycles. The van der Waals surface area contributed by atoms with Gasteiger partial charge in [0.15, 0.2) is 5.12 Å². The average molecular weight is 288 g/mol. The highest BCUT2D eigenvalue weighted by molar-refractivity contribution is 8.13. The zero-order valence-corrected chi connectivity index (χ0v) is 11.6. The van der Waals surface area contributed by atoms with Crippen LogP contribution < -0.4 is 0 Å². The van der Waals surface area contributed by atoms with Crippen LogP contribution in [0.4, 0.5) is 13.2 Å². The van der Waals surface area contributed by atoms with Crippen molar-refractivity contribution in [1.29, 1.82) is 0 Å². The molecular weight excluding hydrogens is 273 g/mol. The minimum absolute atomic E-state index is 0.0447. The molecule has 1 rings (SSSR count). The van der Waals surface area contributed by atoms with E-state index in [2.05, 4.69) is 0 Å². The highest BCUT2D eigenvalue weighted by Crippen LogP contribution is 2.30. The fourth-order valence-electron chi connectivity index (χ4n) is 1.56. The van der Waals surface area contributed by atoms with Gasteiger partial charge in [-0.25, -0.2) is 0 Å². The molecule has 0 aromatic heterocycles. The van der Waals surface area contributed by atoms with Crippen LogP contribution in [0.1, 0.15) is 30.0 Å². The third-order valence-electron chi connectivity index (χ3n) is 2.33. The van der Waals surface area contributed by atoms with Gasteiger partial charge in [-0.3, -0.25) is 4.79 Å². The molecule has 0 spiro atoms. The Labute approximate surface area is 114 Å². The zero-order valence-electron chi connectivity index (χ0n) is 10.8. The maximum absolute atomic E-state index is 12.6. The molecule has 19 heavy (non-hydrogen) atoms. The lowest BCUT2D eigenvalue weighted by molar-refractivity contribution is -0.137. The van der Waals surface area contributed by atoms with E-state index in [1.165, 1.54) is 18.7 Å². The number of carbonyl (C=O) groups excluding carboxylic acids is 1. The molecule has 1 nitrogen and oxygen atoms in total. The second-order valence-electron chi connectivity index (χ2n) is 4.16. The second kappa shape index (κ2) is 6.80. The van der Waals surface area contributed by atoms with E-state index in [1.807, 2.05) is 0 Å². The molecule has 0 radical (unpaired) electrons. The SMILES string of the molecule is CC(=O)SCCC=Cc1cc(C)cc(C(F)(F)F)c1. The van der Waals surface area contributed by atoms with Gasteiger partial charge in [-0.2, -0.15) is 13.2 Å². The summed E-state index contributed by atoms with van der Waals surface area (Å²) in [6, 6.07) is 3.95. The molecule has 0 unspecified atom stereocenters. The average Bonchev–Trinajstić information content (AvgIpc) is 2.26. The van der Waals surface area contributed by atoms with Crippen LogP contribution in [0.5, 0.6) is 0 Å². The fraction of sp³-hybridized carbons (Fsp3) is 0.357. The Morgan fingerprint density at radius 1 is 1.32 bits per heavy atom. The van der Waals surface area contributed by atoms with Crippen molar-refractivity contribution < 1.29 is 18.0 Å².